The largest absolute Gasteiger partial charge is 0.507 e. The molecule has 0 bridgehead atoms. The van der Waals surface area contributed by atoms with Crippen molar-refractivity contribution in [1.82, 2.24) is 9.80 Å². The minimum Gasteiger partial charge on any atom is -0.507 e. The second-order valence-corrected chi connectivity index (χ2v) is 8.29. The predicted octanol–water partition coefficient (Wildman–Crippen LogP) is 3.78. The van der Waals surface area contributed by atoms with Gasteiger partial charge >= 0.3 is 0 Å². The van der Waals surface area contributed by atoms with E-state index in [1.165, 1.54) is 19.1 Å². The van der Waals surface area contributed by atoms with Crippen LogP contribution in [0, 0.1) is 6.92 Å². The summed E-state index contributed by atoms with van der Waals surface area (Å²) in [6.07, 6.45) is 0. The molecule has 1 amide bonds. The quantitative estimate of drug-likeness (QED) is 0.313. The highest BCUT2D eigenvalue weighted by Crippen LogP contribution is 2.45. The smallest absolute Gasteiger partial charge is 0.295 e. The number of para-hydroxylation sites is 1. The van der Waals surface area contributed by atoms with Crippen molar-refractivity contribution >= 4 is 17.4 Å². The number of ketones is 1. The number of ether oxygens (including phenoxy) is 3. The number of nitrogens with zero attached hydrogens (tertiary/aromatic N) is 2. The van der Waals surface area contributed by atoms with Gasteiger partial charge in [-0.1, -0.05) is 26.0 Å². The van der Waals surface area contributed by atoms with E-state index in [0.717, 1.165) is 18.7 Å². The van der Waals surface area contributed by atoms with Gasteiger partial charge in [-0.2, -0.15) is 0 Å². The summed E-state index contributed by atoms with van der Waals surface area (Å²) in [7, 11) is 4.60. The molecule has 35 heavy (non-hydrogen) atoms. The van der Waals surface area contributed by atoms with E-state index in [-0.39, 0.29) is 11.3 Å². The summed E-state index contributed by atoms with van der Waals surface area (Å²) in [6, 6.07) is 9.60. The van der Waals surface area contributed by atoms with Gasteiger partial charge in [0, 0.05) is 24.2 Å². The van der Waals surface area contributed by atoms with Crippen molar-refractivity contribution in [3.63, 3.8) is 0 Å². The number of carbonyl (C=O) groups is 2. The molecule has 1 N–H and O–H groups in total. The van der Waals surface area contributed by atoms with Crippen molar-refractivity contribution in [3.05, 3.63) is 58.7 Å². The maximum absolute atomic E-state index is 13.3. The number of likely N-dealkylation sites (N-methyl/N-ethyl adjacent to an activating group) is 1. The fourth-order valence-corrected chi connectivity index (χ4v) is 4.53. The molecule has 8 nitrogen and oxygen atoms in total. The number of methoxy groups -OCH3 is 3. The standard InChI is InChI=1S/C27H34N2O6/c1-7-28(8-2)14-15-29-23(19-10-9-11-21(34-5)26(19)35-6)22(25(31)27(29)32)24(30)18-12-13-20(33-4)17(3)16-18/h9-13,16,23,30H,7-8,14-15H2,1-6H3/t23-/m1/s1. The lowest BCUT2D eigenvalue weighted by Crippen LogP contribution is -2.38. The number of benzene rings is 2. The van der Waals surface area contributed by atoms with Crippen molar-refractivity contribution in [2.45, 2.75) is 26.8 Å². The molecule has 0 unspecified atom stereocenters. The minimum atomic E-state index is -0.835. The molecule has 0 spiro atoms. The Balaban J connectivity index is 2.21. The fourth-order valence-electron chi connectivity index (χ4n) is 4.53. The zero-order valence-corrected chi connectivity index (χ0v) is 21.3. The van der Waals surface area contributed by atoms with Crippen LogP contribution in [0.1, 0.15) is 36.6 Å². The Labute approximate surface area is 206 Å². The van der Waals surface area contributed by atoms with Gasteiger partial charge in [-0.25, -0.2) is 0 Å². The summed E-state index contributed by atoms with van der Waals surface area (Å²) in [5, 5.41) is 11.4. The molecule has 8 heteroatoms. The van der Waals surface area contributed by atoms with Gasteiger partial charge in [-0.15, -0.1) is 0 Å². The summed E-state index contributed by atoms with van der Waals surface area (Å²) in [5.74, 6) is -0.0862. The van der Waals surface area contributed by atoms with E-state index in [1.807, 2.05) is 20.8 Å². The van der Waals surface area contributed by atoms with Gasteiger partial charge < -0.3 is 29.1 Å². The Morgan fingerprint density at radius 3 is 2.26 bits per heavy atom. The van der Waals surface area contributed by atoms with Crippen molar-refractivity contribution in [3.8, 4) is 17.2 Å². The van der Waals surface area contributed by atoms with Crippen LogP contribution in [0.5, 0.6) is 17.2 Å². The normalized spacial score (nSPS) is 17.2. The minimum absolute atomic E-state index is 0.0191. The summed E-state index contributed by atoms with van der Waals surface area (Å²) >= 11 is 0. The second-order valence-electron chi connectivity index (χ2n) is 8.29. The van der Waals surface area contributed by atoms with Crippen LogP contribution in [0.25, 0.3) is 5.76 Å². The molecule has 1 atom stereocenters. The maximum atomic E-state index is 13.3. The number of rotatable bonds is 10. The molecule has 3 rings (SSSR count). The first kappa shape index (κ1) is 26.1. The van der Waals surface area contributed by atoms with Gasteiger partial charge in [0.2, 0.25) is 0 Å². The Hall–Kier alpha value is -3.52. The van der Waals surface area contributed by atoms with E-state index in [0.29, 0.717) is 41.5 Å². The molecule has 1 aliphatic heterocycles. The van der Waals surface area contributed by atoms with Crippen molar-refractivity contribution in [1.29, 1.82) is 0 Å². The number of aryl methyl sites for hydroxylation is 1. The van der Waals surface area contributed by atoms with Crippen LogP contribution in [0.2, 0.25) is 0 Å². The highest BCUT2D eigenvalue weighted by atomic mass is 16.5. The van der Waals surface area contributed by atoms with Crippen molar-refractivity contribution in [2.24, 2.45) is 0 Å². The third-order valence-electron chi connectivity index (χ3n) is 6.49. The molecule has 1 saturated heterocycles. The Morgan fingerprint density at radius 1 is 1.00 bits per heavy atom. The van der Waals surface area contributed by atoms with Crippen LogP contribution in [0.15, 0.2) is 42.0 Å². The van der Waals surface area contributed by atoms with Crippen LogP contribution in [-0.4, -0.2) is 74.1 Å². The van der Waals surface area contributed by atoms with Crippen LogP contribution in [-0.2, 0) is 9.59 Å². The molecule has 0 aromatic heterocycles. The number of hydrogen-bond acceptors (Lipinski definition) is 7. The second kappa shape index (κ2) is 11.3. The topological polar surface area (TPSA) is 88.5 Å². The Bertz CT molecular complexity index is 1120. The molecule has 0 radical (unpaired) electrons. The zero-order chi connectivity index (χ0) is 25.7. The van der Waals surface area contributed by atoms with Crippen LogP contribution < -0.4 is 14.2 Å². The van der Waals surface area contributed by atoms with Crippen LogP contribution >= 0.6 is 0 Å². The van der Waals surface area contributed by atoms with E-state index in [2.05, 4.69) is 4.90 Å². The highest BCUT2D eigenvalue weighted by Gasteiger charge is 2.47. The molecule has 0 saturated carbocycles. The summed E-state index contributed by atoms with van der Waals surface area (Å²) in [5.41, 5.74) is 1.81. The summed E-state index contributed by atoms with van der Waals surface area (Å²) < 4.78 is 16.4. The summed E-state index contributed by atoms with van der Waals surface area (Å²) in [4.78, 5) is 30.3. The Morgan fingerprint density at radius 2 is 1.69 bits per heavy atom. The number of aliphatic hydroxyl groups is 1. The lowest BCUT2D eigenvalue weighted by molar-refractivity contribution is -0.140. The third kappa shape index (κ3) is 4.98. The first-order chi connectivity index (χ1) is 16.8. The first-order valence-corrected chi connectivity index (χ1v) is 11.7. The number of Topliss-reactive ketones (excluding diaryl/α,β-unsaturated/α-hetero) is 1. The lowest BCUT2D eigenvalue weighted by Gasteiger charge is -2.29. The molecule has 0 aliphatic carbocycles. The van der Waals surface area contributed by atoms with Gasteiger partial charge in [0.1, 0.15) is 11.5 Å². The zero-order valence-electron chi connectivity index (χ0n) is 21.3. The van der Waals surface area contributed by atoms with Gasteiger partial charge in [-0.05, 0) is 49.8 Å². The van der Waals surface area contributed by atoms with E-state index >= 15 is 0 Å². The van der Waals surface area contributed by atoms with E-state index in [4.69, 9.17) is 14.2 Å². The van der Waals surface area contributed by atoms with E-state index in [9.17, 15) is 14.7 Å². The average Bonchev–Trinajstić information content (AvgIpc) is 3.12. The number of likely N-dealkylation sites (tertiary alicyclic amines) is 1. The molecule has 188 valence electrons. The van der Waals surface area contributed by atoms with Gasteiger partial charge in [0.25, 0.3) is 11.7 Å². The SMILES string of the molecule is CCN(CC)CCN1C(=O)C(=O)C(=C(O)c2ccc(OC)c(C)c2)[C@H]1c1cccc(OC)c1OC. The van der Waals surface area contributed by atoms with Crippen molar-refractivity contribution in [2.75, 3.05) is 47.5 Å². The highest BCUT2D eigenvalue weighted by molar-refractivity contribution is 6.46. The van der Waals surface area contributed by atoms with Gasteiger partial charge in [0.15, 0.2) is 11.5 Å². The number of aliphatic hydroxyl groups excluding tert-OH is 1. The average molecular weight is 483 g/mol. The fraction of sp³-hybridized carbons (Fsp3) is 0.407. The molecule has 1 heterocycles. The number of carbonyl (C=O) groups excluding carboxylic acids is 2. The molecule has 1 fully saturated rings. The molecule has 2 aromatic rings. The molecular weight excluding hydrogens is 448 g/mol. The van der Waals surface area contributed by atoms with Gasteiger partial charge in [-0.3, -0.25) is 9.59 Å². The summed E-state index contributed by atoms with van der Waals surface area (Å²) in [6.45, 7) is 8.48. The third-order valence-corrected chi connectivity index (χ3v) is 6.49. The lowest BCUT2D eigenvalue weighted by atomic mass is 9.94. The molecule has 1 aliphatic rings. The van der Waals surface area contributed by atoms with Gasteiger partial charge in [0.05, 0.1) is 32.9 Å². The van der Waals surface area contributed by atoms with Crippen LogP contribution in [0.4, 0.5) is 0 Å². The number of hydrogen-bond donors (Lipinski definition) is 1. The Kier molecular flexibility index (Phi) is 8.40. The monoisotopic (exact) mass is 482 g/mol. The maximum Gasteiger partial charge on any atom is 0.295 e. The molecular formula is C27H34N2O6. The molecule has 2 aromatic carbocycles. The van der Waals surface area contributed by atoms with E-state index < -0.39 is 17.7 Å². The predicted molar refractivity (Wildman–Crippen MR) is 134 cm³/mol. The number of amides is 1. The van der Waals surface area contributed by atoms with E-state index in [1.54, 1.807) is 43.5 Å². The van der Waals surface area contributed by atoms with Crippen LogP contribution in [0.3, 0.4) is 0 Å². The first-order valence-electron chi connectivity index (χ1n) is 11.7. The van der Waals surface area contributed by atoms with Crippen molar-refractivity contribution < 1.29 is 28.9 Å².